The quantitative estimate of drug-likeness (QED) is 0.551. The van der Waals surface area contributed by atoms with Crippen LogP contribution < -0.4 is 0 Å². The molecule has 132 valence electrons. The first-order chi connectivity index (χ1) is 10.7. The van der Waals surface area contributed by atoms with Gasteiger partial charge in [0, 0.05) is 5.92 Å². The highest BCUT2D eigenvalue weighted by molar-refractivity contribution is 5.70. The Hall–Kier alpha value is -0.950. The molecular weight excluding hydrogens is 300 g/mol. The van der Waals surface area contributed by atoms with Gasteiger partial charge >= 0.3 is 5.97 Å². The average Bonchev–Trinajstić information content (AvgIpc) is 2.95. The van der Waals surface area contributed by atoms with E-state index >= 15 is 0 Å². The van der Waals surface area contributed by atoms with Gasteiger partial charge in [-0.1, -0.05) is 6.08 Å². The van der Waals surface area contributed by atoms with E-state index in [1.54, 1.807) is 13.0 Å². The molecule has 0 aromatic carbocycles. The summed E-state index contributed by atoms with van der Waals surface area (Å²) in [5.41, 5.74) is 0. The molecule has 2 aliphatic rings. The SMILES string of the molecule is C=C[C@H](CC(=O)OCC)[C@H]1OC(C)(C)O[C@@H]1[C@H]1COC(C)(C)O1. The minimum absolute atomic E-state index is 0.203. The van der Waals surface area contributed by atoms with Crippen molar-refractivity contribution in [1.82, 2.24) is 0 Å². The maximum atomic E-state index is 11.8. The van der Waals surface area contributed by atoms with Crippen LogP contribution in [-0.2, 0) is 28.5 Å². The second kappa shape index (κ2) is 6.89. The minimum Gasteiger partial charge on any atom is -0.466 e. The van der Waals surface area contributed by atoms with E-state index in [1.807, 2.05) is 27.7 Å². The van der Waals surface area contributed by atoms with Gasteiger partial charge in [0.1, 0.15) is 12.2 Å². The highest BCUT2D eigenvalue weighted by Crippen LogP contribution is 2.39. The molecule has 0 saturated carbocycles. The van der Waals surface area contributed by atoms with Crippen molar-refractivity contribution in [3.05, 3.63) is 12.7 Å². The van der Waals surface area contributed by atoms with Crippen LogP contribution in [0.25, 0.3) is 0 Å². The fourth-order valence-corrected chi connectivity index (χ4v) is 3.06. The number of ether oxygens (including phenoxy) is 5. The number of carbonyl (C=O) groups excluding carboxylic acids is 1. The lowest BCUT2D eigenvalue weighted by Gasteiger charge is -2.27. The van der Waals surface area contributed by atoms with Gasteiger partial charge in [-0.3, -0.25) is 4.79 Å². The van der Waals surface area contributed by atoms with E-state index in [1.165, 1.54) is 0 Å². The molecule has 0 aliphatic carbocycles. The Morgan fingerprint density at radius 1 is 1.26 bits per heavy atom. The Morgan fingerprint density at radius 2 is 1.96 bits per heavy atom. The van der Waals surface area contributed by atoms with Crippen molar-refractivity contribution in [2.45, 2.75) is 70.9 Å². The monoisotopic (exact) mass is 328 g/mol. The highest BCUT2D eigenvalue weighted by atomic mass is 16.8. The molecule has 0 aromatic heterocycles. The second-order valence-corrected chi connectivity index (χ2v) is 6.84. The van der Waals surface area contributed by atoms with Gasteiger partial charge in [-0.15, -0.1) is 6.58 Å². The number of rotatable bonds is 6. The van der Waals surface area contributed by atoms with Crippen LogP contribution in [-0.4, -0.2) is 49.1 Å². The molecule has 2 aliphatic heterocycles. The first-order valence-corrected chi connectivity index (χ1v) is 8.13. The van der Waals surface area contributed by atoms with Crippen LogP contribution in [0.15, 0.2) is 12.7 Å². The van der Waals surface area contributed by atoms with E-state index in [2.05, 4.69) is 6.58 Å². The summed E-state index contributed by atoms with van der Waals surface area (Å²) in [6.45, 7) is 13.8. The molecular formula is C17H28O6. The van der Waals surface area contributed by atoms with Crippen molar-refractivity contribution in [2.75, 3.05) is 13.2 Å². The normalized spacial score (nSPS) is 33.3. The van der Waals surface area contributed by atoms with E-state index in [0.29, 0.717) is 13.2 Å². The molecule has 0 N–H and O–H groups in total. The predicted molar refractivity (Wildman–Crippen MR) is 83.7 cm³/mol. The van der Waals surface area contributed by atoms with Gasteiger partial charge in [0.2, 0.25) is 0 Å². The summed E-state index contributed by atoms with van der Waals surface area (Å²) in [4.78, 5) is 11.8. The summed E-state index contributed by atoms with van der Waals surface area (Å²) in [6.07, 6.45) is 1.01. The van der Waals surface area contributed by atoms with Crippen LogP contribution in [0, 0.1) is 5.92 Å². The molecule has 0 radical (unpaired) electrons. The van der Waals surface area contributed by atoms with Crippen molar-refractivity contribution in [2.24, 2.45) is 5.92 Å². The van der Waals surface area contributed by atoms with Gasteiger partial charge < -0.3 is 23.7 Å². The summed E-state index contributed by atoms with van der Waals surface area (Å²) in [6, 6.07) is 0. The topological polar surface area (TPSA) is 63.2 Å². The van der Waals surface area contributed by atoms with Crippen molar-refractivity contribution >= 4 is 5.97 Å². The van der Waals surface area contributed by atoms with Gasteiger partial charge in [-0.2, -0.15) is 0 Å². The largest absolute Gasteiger partial charge is 0.466 e. The third kappa shape index (κ3) is 4.53. The summed E-state index contributed by atoms with van der Waals surface area (Å²) >= 11 is 0. The standard InChI is InChI=1S/C17H28O6/c1-7-11(9-13(18)19-8-2)14-15(23-17(5,6)22-14)12-10-20-16(3,4)21-12/h7,11-12,14-15H,1,8-10H2,2-6H3/t11-,12-,14-,15-/m1/s1. The van der Waals surface area contributed by atoms with E-state index in [-0.39, 0.29) is 36.6 Å². The molecule has 0 bridgehead atoms. The summed E-state index contributed by atoms with van der Waals surface area (Å²) < 4.78 is 28.7. The summed E-state index contributed by atoms with van der Waals surface area (Å²) in [5.74, 6) is -1.88. The summed E-state index contributed by atoms with van der Waals surface area (Å²) in [5, 5.41) is 0. The van der Waals surface area contributed by atoms with Crippen molar-refractivity contribution < 1.29 is 28.5 Å². The first kappa shape index (κ1) is 18.4. The molecule has 6 nitrogen and oxygen atoms in total. The zero-order chi connectivity index (χ0) is 17.3. The Balaban J connectivity index is 2.12. The molecule has 0 spiro atoms. The number of carbonyl (C=O) groups is 1. The number of hydrogen-bond acceptors (Lipinski definition) is 6. The number of esters is 1. The Morgan fingerprint density at radius 3 is 2.48 bits per heavy atom. The molecule has 0 amide bonds. The lowest BCUT2D eigenvalue weighted by molar-refractivity contribution is -0.175. The van der Waals surface area contributed by atoms with Crippen LogP contribution in [0.5, 0.6) is 0 Å². The fraction of sp³-hybridized carbons (Fsp3) is 0.824. The lowest BCUT2D eigenvalue weighted by Crippen LogP contribution is -2.41. The van der Waals surface area contributed by atoms with Crippen LogP contribution in [0.4, 0.5) is 0 Å². The predicted octanol–water partition coefficient (Wildman–Crippen LogP) is 2.41. The molecule has 2 fully saturated rings. The maximum absolute atomic E-state index is 11.8. The molecule has 0 aromatic rings. The van der Waals surface area contributed by atoms with E-state index < -0.39 is 11.6 Å². The smallest absolute Gasteiger partial charge is 0.306 e. The third-order valence-electron chi connectivity index (χ3n) is 3.99. The minimum atomic E-state index is -0.749. The van der Waals surface area contributed by atoms with E-state index in [4.69, 9.17) is 23.7 Å². The Bertz CT molecular complexity index is 444. The van der Waals surface area contributed by atoms with Crippen LogP contribution >= 0.6 is 0 Å². The van der Waals surface area contributed by atoms with Crippen LogP contribution in [0.3, 0.4) is 0 Å². The van der Waals surface area contributed by atoms with Crippen molar-refractivity contribution in [3.63, 3.8) is 0 Å². The molecule has 2 heterocycles. The van der Waals surface area contributed by atoms with Crippen molar-refractivity contribution in [3.8, 4) is 0 Å². The van der Waals surface area contributed by atoms with E-state index in [0.717, 1.165) is 0 Å². The highest BCUT2D eigenvalue weighted by Gasteiger charge is 2.51. The maximum Gasteiger partial charge on any atom is 0.306 e. The zero-order valence-electron chi connectivity index (χ0n) is 14.7. The van der Waals surface area contributed by atoms with Gasteiger partial charge in [0.25, 0.3) is 0 Å². The van der Waals surface area contributed by atoms with Gasteiger partial charge in [-0.25, -0.2) is 0 Å². The van der Waals surface area contributed by atoms with Gasteiger partial charge in [-0.05, 0) is 34.6 Å². The molecule has 4 atom stereocenters. The second-order valence-electron chi connectivity index (χ2n) is 6.84. The summed E-state index contributed by atoms with van der Waals surface area (Å²) in [7, 11) is 0. The van der Waals surface area contributed by atoms with E-state index in [9.17, 15) is 4.79 Å². The Labute approximate surface area is 138 Å². The molecule has 23 heavy (non-hydrogen) atoms. The first-order valence-electron chi connectivity index (χ1n) is 8.13. The third-order valence-corrected chi connectivity index (χ3v) is 3.99. The lowest BCUT2D eigenvalue weighted by atomic mass is 9.92. The molecule has 6 heteroatoms. The zero-order valence-corrected chi connectivity index (χ0v) is 14.7. The molecule has 0 unspecified atom stereocenters. The van der Waals surface area contributed by atoms with Gasteiger partial charge in [0.05, 0.1) is 25.7 Å². The van der Waals surface area contributed by atoms with Crippen molar-refractivity contribution in [1.29, 1.82) is 0 Å². The van der Waals surface area contributed by atoms with Crippen LogP contribution in [0.1, 0.15) is 41.0 Å². The molecule has 2 saturated heterocycles. The number of hydrogen-bond donors (Lipinski definition) is 0. The Kier molecular flexibility index (Phi) is 5.51. The van der Waals surface area contributed by atoms with Crippen LogP contribution in [0.2, 0.25) is 0 Å². The molecule has 2 rings (SSSR count). The van der Waals surface area contributed by atoms with Gasteiger partial charge in [0.15, 0.2) is 11.6 Å². The average molecular weight is 328 g/mol. The fourth-order valence-electron chi connectivity index (χ4n) is 3.06.